The van der Waals surface area contributed by atoms with Gasteiger partial charge in [-0.05, 0) is 31.0 Å². The first-order valence-electron chi connectivity index (χ1n) is 8.12. The van der Waals surface area contributed by atoms with Crippen LogP contribution in [0.2, 0.25) is 0 Å². The van der Waals surface area contributed by atoms with Gasteiger partial charge in [-0.2, -0.15) is 0 Å². The van der Waals surface area contributed by atoms with Gasteiger partial charge >= 0.3 is 0 Å². The third kappa shape index (κ3) is 2.77. The van der Waals surface area contributed by atoms with Crippen LogP contribution in [0.25, 0.3) is 21.6 Å². The Morgan fingerprint density at radius 3 is 2.77 bits per heavy atom. The molecule has 26 heavy (non-hydrogen) atoms. The number of rotatable bonds is 4. The number of hydrogen-bond donors (Lipinski definition) is 3. The molecule has 3 aromatic rings. The number of pyridine rings is 2. The summed E-state index contributed by atoms with van der Waals surface area (Å²) in [4.78, 5) is 13.8. The first-order chi connectivity index (χ1) is 12.4. The molecule has 3 heterocycles. The second-order valence-electron chi connectivity index (χ2n) is 6.49. The maximum Gasteiger partial charge on any atom is 0.241 e. The topological polar surface area (TPSA) is 97.0 Å². The molecular weight excluding hydrogens is 360 g/mol. The first kappa shape index (κ1) is 17.0. The Bertz CT molecular complexity index is 971. The van der Waals surface area contributed by atoms with Crippen molar-refractivity contribution in [3.05, 3.63) is 29.4 Å². The average Bonchev–Trinajstić information content (AvgIpc) is 3.02. The Morgan fingerprint density at radius 2 is 2.12 bits per heavy atom. The molecule has 0 aliphatic heterocycles. The van der Waals surface area contributed by atoms with Crippen molar-refractivity contribution in [2.45, 2.75) is 24.9 Å². The molecule has 0 radical (unpaired) electrons. The van der Waals surface area contributed by atoms with Crippen molar-refractivity contribution in [1.29, 1.82) is 0 Å². The van der Waals surface area contributed by atoms with Gasteiger partial charge in [0.1, 0.15) is 26.8 Å². The van der Waals surface area contributed by atoms with E-state index in [1.807, 2.05) is 0 Å². The Hall–Kier alpha value is -2.39. The summed E-state index contributed by atoms with van der Waals surface area (Å²) in [5.74, 6) is -0.175. The van der Waals surface area contributed by atoms with E-state index in [9.17, 15) is 13.9 Å². The minimum Gasteiger partial charge on any atom is -0.396 e. The highest BCUT2D eigenvalue weighted by Crippen LogP contribution is 2.49. The van der Waals surface area contributed by atoms with Crippen molar-refractivity contribution in [2.75, 3.05) is 18.1 Å². The van der Waals surface area contributed by atoms with Crippen molar-refractivity contribution < 1.29 is 13.9 Å². The van der Waals surface area contributed by atoms with E-state index in [1.54, 1.807) is 31.4 Å². The molecule has 1 aliphatic rings. The summed E-state index contributed by atoms with van der Waals surface area (Å²) in [7, 11) is 1.74. The number of anilines is 2. The predicted molar refractivity (Wildman–Crippen MR) is 97.2 cm³/mol. The molecule has 0 bridgehead atoms. The molecular formula is C17H17F2N5OS. The molecule has 4 N–H and O–H groups in total. The number of fused-ring (bicyclic) bond motifs is 1. The van der Waals surface area contributed by atoms with Gasteiger partial charge in [0.15, 0.2) is 0 Å². The lowest BCUT2D eigenvalue weighted by Gasteiger charge is -2.41. The molecule has 1 fully saturated rings. The zero-order valence-electron chi connectivity index (χ0n) is 13.9. The third-order valence-electron chi connectivity index (χ3n) is 4.66. The zero-order valence-corrected chi connectivity index (χ0v) is 14.7. The van der Waals surface area contributed by atoms with Crippen LogP contribution in [0, 0.1) is 5.92 Å². The number of nitrogens with one attached hydrogen (secondary N) is 1. The van der Waals surface area contributed by atoms with Crippen molar-refractivity contribution in [1.82, 2.24) is 15.0 Å². The largest absolute Gasteiger partial charge is 0.396 e. The van der Waals surface area contributed by atoms with Crippen molar-refractivity contribution in [3.8, 4) is 11.3 Å². The predicted octanol–water partition coefficient (Wildman–Crippen LogP) is 3.24. The SMILES string of the molecule is CNc1ncc(-c2ccc3nc(C4(O)CC(C(F)F)C4)sc3n2)cc1N. The lowest BCUT2D eigenvalue weighted by molar-refractivity contribution is -0.126. The number of hydrogen-bond acceptors (Lipinski definition) is 7. The second kappa shape index (κ2) is 6.10. The Labute approximate surface area is 152 Å². The highest BCUT2D eigenvalue weighted by Gasteiger charge is 2.49. The summed E-state index contributed by atoms with van der Waals surface area (Å²) < 4.78 is 25.4. The van der Waals surface area contributed by atoms with E-state index in [4.69, 9.17) is 5.73 Å². The molecule has 0 saturated heterocycles. The van der Waals surface area contributed by atoms with Gasteiger partial charge in [-0.1, -0.05) is 11.3 Å². The number of thiazole rings is 1. The molecule has 9 heteroatoms. The van der Waals surface area contributed by atoms with Gasteiger partial charge in [-0.25, -0.2) is 23.7 Å². The lowest BCUT2D eigenvalue weighted by Crippen LogP contribution is -2.43. The fourth-order valence-electron chi connectivity index (χ4n) is 3.17. The number of nitrogens with zero attached hydrogens (tertiary/aromatic N) is 3. The molecule has 0 spiro atoms. The van der Waals surface area contributed by atoms with Gasteiger partial charge in [-0.3, -0.25) is 0 Å². The summed E-state index contributed by atoms with van der Waals surface area (Å²) in [6.07, 6.45) is -0.676. The minimum atomic E-state index is -2.41. The minimum absolute atomic E-state index is 0.0310. The molecule has 1 aliphatic carbocycles. The monoisotopic (exact) mass is 377 g/mol. The smallest absolute Gasteiger partial charge is 0.241 e. The first-order valence-corrected chi connectivity index (χ1v) is 8.93. The van der Waals surface area contributed by atoms with Crippen LogP contribution in [0.4, 0.5) is 20.3 Å². The van der Waals surface area contributed by atoms with Gasteiger partial charge in [0.2, 0.25) is 6.43 Å². The van der Waals surface area contributed by atoms with E-state index in [0.717, 1.165) is 5.56 Å². The molecule has 6 nitrogen and oxygen atoms in total. The summed E-state index contributed by atoms with van der Waals surface area (Å²) in [6, 6.07) is 5.38. The number of alkyl halides is 2. The lowest BCUT2D eigenvalue weighted by atomic mass is 9.71. The van der Waals surface area contributed by atoms with E-state index < -0.39 is 17.9 Å². The molecule has 0 atom stereocenters. The quantitative estimate of drug-likeness (QED) is 0.646. The summed E-state index contributed by atoms with van der Waals surface area (Å²) in [5.41, 5.74) is 7.27. The van der Waals surface area contributed by atoms with Gasteiger partial charge in [0.25, 0.3) is 0 Å². The summed E-state index contributed by atoms with van der Waals surface area (Å²) in [5, 5.41) is 13.9. The van der Waals surface area contributed by atoms with Gasteiger partial charge in [0, 0.05) is 24.7 Å². The van der Waals surface area contributed by atoms with Crippen LogP contribution < -0.4 is 11.1 Å². The number of nitrogens with two attached hydrogens (primary N) is 1. The molecule has 0 aromatic carbocycles. The third-order valence-corrected chi connectivity index (χ3v) is 5.82. The van der Waals surface area contributed by atoms with Crippen LogP contribution in [0.5, 0.6) is 0 Å². The fourth-order valence-corrected chi connectivity index (χ4v) is 4.21. The maximum absolute atomic E-state index is 12.7. The van der Waals surface area contributed by atoms with Gasteiger partial charge < -0.3 is 16.2 Å². The Kier molecular flexibility index (Phi) is 4.00. The van der Waals surface area contributed by atoms with E-state index in [0.29, 0.717) is 32.6 Å². The van der Waals surface area contributed by atoms with Crippen LogP contribution in [0.15, 0.2) is 24.4 Å². The Balaban J connectivity index is 1.65. The van der Waals surface area contributed by atoms with Gasteiger partial charge in [-0.15, -0.1) is 0 Å². The highest BCUT2D eigenvalue weighted by molar-refractivity contribution is 7.18. The average molecular weight is 377 g/mol. The number of aromatic nitrogens is 3. The molecule has 3 aromatic heterocycles. The van der Waals surface area contributed by atoms with E-state index in [2.05, 4.69) is 20.3 Å². The normalized spacial score (nSPS) is 22.6. The molecule has 0 amide bonds. The summed E-state index contributed by atoms with van der Waals surface area (Å²) in [6.45, 7) is 0. The molecule has 1 saturated carbocycles. The second-order valence-corrected chi connectivity index (χ2v) is 7.46. The van der Waals surface area contributed by atoms with E-state index in [1.165, 1.54) is 11.3 Å². The fraction of sp³-hybridized carbons (Fsp3) is 0.353. The number of nitrogen functional groups attached to an aromatic ring is 1. The van der Waals surface area contributed by atoms with Crippen LogP contribution >= 0.6 is 11.3 Å². The molecule has 0 unspecified atom stereocenters. The van der Waals surface area contributed by atoms with E-state index >= 15 is 0 Å². The van der Waals surface area contributed by atoms with Crippen LogP contribution in [-0.4, -0.2) is 33.5 Å². The van der Waals surface area contributed by atoms with Crippen molar-refractivity contribution in [3.63, 3.8) is 0 Å². The zero-order chi connectivity index (χ0) is 18.5. The van der Waals surface area contributed by atoms with Crippen molar-refractivity contribution in [2.24, 2.45) is 5.92 Å². The van der Waals surface area contributed by atoms with Crippen LogP contribution in [-0.2, 0) is 5.60 Å². The summed E-state index contributed by atoms with van der Waals surface area (Å²) >= 11 is 1.23. The van der Waals surface area contributed by atoms with E-state index in [-0.39, 0.29) is 12.8 Å². The van der Waals surface area contributed by atoms with Gasteiger partial charge in [0.05, 0.1) is 11.4 Å². The maximum atomic E-state index is 12.7. The highest BCUT2D eigenvalue weighted by atomic mass is 32.1. The number of aliphatic hydroxyl groups is 1. The van der Waals surface area contributed by atoms with Crippen LogP contribution in [0.3, 0.4) is 0 Å². The van der Waals surface area contributed by atoms with Crippen molar-refractivity contribution >= 4 is 33.2 Å². The standard InChI is InChI=1S/C17H17F2N5OS/c1-21-14-10(20)4-8(7-22-14)11-2-3-12-15(23-11)26-16(24-12)17(25)5-9(6-17)13(18)19/h2-4,7,9,13,25H,5-6,20H2,1H3,(H,21,22). The molecule has 136 valence electrons. The molecule has 4 rings (SSSR count). The Morgan fingerprint density at radius 1 is 1.35 bits per heavy atom. The number of halogens is 2. The van der Waals surface area contributed by atoms with Crippen LogP contribution in [0.1, 0.15) is 17.8 Å².